The van der Waals surface area contributed by atoms with Crippen LogP contribution in [0.5, 0.6) is 0 Å². The van der Waals surface area contributed by atoms with E-state index in [0.29, 0.717) is 5.69 Å². The molecule has 1 aliphatic rings. The smallest absolute Gasteiger partial charge is 0.274 e. The molecule has 0 spiro atoms. The Balaban J connectivity index is 1.80. The molecular weight excluding hydrogens is 268 g/mol. The van der Waals surface area contributed by atoms with Crippen molar-refractivity contribution < 1.29 is 4.79 Å². The highest BCUT2D eigenvalue weighted by atomic mass is 16.2. The van der Waals surface area contributed by atoms with E-state index < -0.39 is 0 Å². The van der Waals surface area contributed by atoms with Gasteiger partial charge < -0.3 is 9.47 Å². The Bertz CT molecular complexity index is 656. The van der Waals surface area contributed by atoms with E-state index in [1.54, 1.807) is 19.0 Å². The number of carbonyl (C=O) groups is 1. The second-order valence-corrected chi connectivity index (χ2v) is 5.64. The lowest BCUT2D eigenvalue weighted by atomic mass is 10.0. The minimum atomic E-state index is -0.0497. The number of aromatic amines is 1. The van der Waals surface area contributed by atoms with Gasteiger partial charge in [-0.3, -0.25) is 14.8 Å². The van der Waals surface area contributed by atoms with Crippen LogP contribution in [-0.4, -0.2) is 56.1 Å². The molecule has 7 nitrogen and oxygen atoms in total. The van der Waals surface area contributed by atoms with Crippen LogP contribution in [0.2, 0.25) is 0 Å². The Morgan fingerprint density at radius 1 is 1.48 bits per heavy atom. The van der Waals surface area contributed by atoms with Crippen LogP contribution in [0.1, 0.15) is 27.6 Å². The molecule has 0 aliphatic carbocycles. The average molecular weight is 288 g/mol. The number of aryl methyl sites for hydroxylation is 1. The van der Waals surface area contributed by atoms with Gasteiger partial charge in [0, 0.05) is 64.3 Å². The predicted molar refractivity (Wildman–Crippen MR) is 77.6 cm³/mol. The van der Waals surface area contributed by atoms with Gasteiger partial charge in [0.2, 0.25) is 0 Å². The topological polar surface area (TPSA) is 70.1 Å². The number of imidazole rings is 1. The molecule has 0 fully saturated rings. The zero-order valence-electron chi connectivity index (χ0n) is 12.6. The van der Waals surface area contributed by atoms with Crippen LogP contribution >= 0.6 is 0 Å². The average Bonchev–Trinajstić information content (AvgIpc) is 3.04. The maximum atomic E-state index is 12.2. The fourth-order valence-electron chi connectivity index (χ4n) is 2.62. The molecule has 0 bridgehead atoms. The molecule has 0 aromatic carbocycles. The number of hydrogen-bond donors (Lipinski definition) is 1. The Morgan fingerprint density at radius 2 is 2.29 bits per heavy atom. The maximum Gasteiger partial charge on any atom is 0.274 e. The molecule has 2 aromatic heterocycles. The second-order valence-electron chi connectivity index (χ2n) is 5.64. The van der Waals surface area contributed by atoms with Crippen molar-refractivity contribution >= 4 is 5.91 Å². The molecule has 3 heterocycles. The third kappa shape index (κ3) is 2.56. The van der Waals surface area contributed by atoms with Gasteiger partial charge in [0.15, 0.2) is 5.69 Å². The van der Waals surface area contributed by atoms with Crippen LogP contribution in [0.25, 0.3) is 0 Å². The van der Waals surface area contributed by atoms with Crippen LogP contribution in [-0.2, 0) is 26.6 Å². The van der Waals surface area contributed by atoms with Crippen LogP contribution in [0.3, 0.4) is 0 Å². The quantitative estimate of drug-likeness (QED) is 0.888. The summed E-state index contributed by atoms with van der Waals surface area (Å²) in [7, 11) is 5.49. The Labute approximate surface area is 123 Å². The first-order valence-corrected chi connectivity index (χ1v) is 7.02. The SMILES string of the molecule is CN(C)C(=O)c1n[nH]c2c1CN(Cc1nccn1C)CC2. The molecule has 112 valence electrons. The number of rotatable bonds is 3. The summed E-state index contributed by atoms with van der Waals surface area (Å²) < 4.78 is 2.02. The van der Waals surface area contributed by atoms with Crippen LogP contribution in [0, 0.1) is 0 Å². The summed E-state index contributed by atoms with van der Waals surface area (Å²) in [5.74, 6) is 0.980. The van der Waals surface area contributed by atoms with Crippen molar-refractivity contribution in [1.29, 1.82) is 0 Å². The molecule has 1 N–H and O–H groups in total. The molecule has 1 amide bonds. The molecule has 0 saturated carbocycles. The summed E-state index contributed by atoms with van der Waals surface area (Å²) in [5.41, 5.74) is 2.64. The maximum absolute atomic E-state index is 12.2. The van der Waals surface area contributed by atoms with Crippen molar-refractivity contribution in [3.8, 4) is 0 Å². The highest BCUT2D eigenvalue weighted by molar-refractivity contribution is 5.93. The van der Waals surface area contributed by atoms with E-state index in [2.05, 4.69) is 20.1 Å². The molecule has 1 aliphatic heterocycles. The number of aromatic nitrogens is 4. The summed E-state index contributed by atoms with van der Waals surface area (Å²) in [6, 6.07) is 0. The van der Waals surface area contributed by atoms with Gasteiger partial charge >= 0.3 is 0 Å². The summed E-state index contributed by atoms with van der Waals surface area (Å²) in [6.07, 6.45) is 4.64. The molecule has 21 heavy (non-hydrogen) atoms. The van der Waals surface area contributed by atoms with Gasteiger partial charge in [-0.25, -0.2) is 4.98 Å². The first-order chi connectivity index (χ1) is 10.1. The first-order valence-electron chi connectivity index (χ1n) is 7.02. The summed E-state index contributed by atoms with van der Waals surface area (Å²) in [4.78, 5) is 20.4. The van der Waals surface area contributed by atoms with Crippen molar-refractivity contribution in [2.75, 3.05) is 20.6 Å². The van der Waals surface area contributed by atoms with E-state index in [1.165, 1.54) is 0 Å². The molecular formula is C14H20N6O. The number of nitrogens with zero attached hydrogens (tertiary/aromatic N) is 5. The molecule has 0 atom stereocenters. The standard InChI is InChI=1S/C14H20N6O/c1-18(2)14(21)13-10-8-20(6-4-11(10)16-17-13)9-12-15-5-7-19(12)3/h5,7H,4,6,8-9H2,1-3H3,(H,16,17). The number of carbonyl (C=O) groups excluding carboxylic acids is 1. The van der Waals surface area contributed by atoms with Gasteiger partial charge in [-0.15, -0.1) is 0 Å². The van der Waals surface area contributed by atoms with Crippen LogP contribution < -0.4 is 0 Å². The van der Waals surface area contributed by atoms with E-state index in [9.17, 15) is 4.79 Å². The van der Waals surface area contributed by atoms with Gasteiger partial charge in [0.05, 0.1) is 6.54 Å². The van der Waals surface area contributed by atoms with Crippen molar-refractivity contribution in [2.45, 2.75) is 19.5 Å². The normalized spacial score (nSPS) is 15.0. The van der Waals surface area contributed by atoms with Gasteiger partial charge in [-0.05, 0) is 0 Å². The van der Waals surface area contributed by atoms with Crippen molar-refractivity contribution in [3.63, 3.8) is 0 Å². The second kappa shape index (κ2) is 5.33. The summed E-state index contributed by atoms with van der Waals surface area (Å²) in [6.45, 7) is 2.45. The Morgan fingerprint density at radius 3 is 2.95 bits per heavy atom. The molecule has 3 rings (SSSR count). The zero-order chi connectivity index (χ0) is 15.0. The van der Waals surface area contributed by atoms with Crippen molar-refractivity contribution in [1.82, 2.24) is 29.5 Å². The lowest BCUT2D eigenvalue weighted by Crippen LogP contribution is -2.32. The van der Waals surface area contributed by atoms with E-state index in [4.69, 9.17) is 0 Å². The molecule has 2 aromatic rings. The first kappa shape index (κ1) is 13.8. The number of nitrogens with one attached hydrogen (secondary N) is 1. The third-order valence-electron chi connectivity index (χ3n) is 3.91. The lowest BCUT2D eigenvalue weighted by Gasteiger charge is -2.26. The van der Waals surface area contributed by atoms with E-state index in [0.717, 1.165) is 43.1 Å². The summed E-state index contributed by atoms with van der Waals surface area (Å²) in [5, 5.41) is 7.21. The highest BCUT2D eigenvalue weighted by Gasteiger charge is 2.26. The largest absolute Gasteiger partial charge is 0.343 e. The Hall–Kier alpha value is -2.15. The lowest BCUT2D eigenvalue weighted by molar-refractivity contribution is 0.0819. The molecule has 0 unspecified atom stereocenters. The number of fused-ring (bicyclic) bond motifs is 1. The molecule has 0 saturated heterocycles. The zero-order valence-corrected chi connectivity index (χ0v) is 12.6. The van der Waals surface area contributed by atoms with Crippen LogP contribution in [0.4, 0.5) is 0 Å². The van der Waals surface area contributed by atoms with E-state index >= 15 is 0 Å². The number of hydrogen-bond acceptors (Lipinski definition) is 4. The van der Waals surface area contributed by atoms with Gasteiger partial charge in [-0.1, -0.05) is 0 Å². The molecule has 0 radical (unpaired) electrons. The minimum Gasteiger partial charge on any atom is -0.343 e. The fourth-order valence-corrected chi connectivity index (χ4v) is 2.62. The molecule has 7 heteroatoms. The van der Waals surface area contributed by atoms with E-state index in [-0.39, 0.29) is 5.91 Å². The van der Waals surface area contributed by atoms with Gasteiger partial charge in [0.25, 0.3) is 5.91 Å². The Kier molecular flexibility index (Phi) is 3.50. The number of H-pyrrole nitrogens is 1. The fraction of sp³-hybridized carbons (Fsp3) is 0.500. The van der Waals surface area contributed by atoms with Gasteiger partial charge in [-0.2, -0.15) is 5.10 Å². The van der Waals surface area contributed by atoms with Crippen molar-refractivity contribution in [2.24, 2.45) is 7.05 Å². The van der Waals surface area contributed by atoms with E-state index in [1.807, 2.05) is 24.0 Å². The minimum absolute atomic E-state index is 0.0497. The van der Waals surface area contributed by atoms with Crippen molar-refractivity contribution in [3.05, 3.63) is 35.2 Å². The monoisotopic (exact) mass is 288 g/mol. The predicted octanol–water partition coefficient (Wildman–Crippen LogP) is 0.403. The number of amides is 1. The third-order valence-corrected chi connectivity index (χ3v) is 3.91. The summed E-state index contributed by atoms with van der Waals surface area (Å²) >= 11 is 0. The van der Waals surface area contributed by atoms with Crippen LogP contribution in [0.15, 0.2) is 12.4 Å². The highest BCUT2D eigenvalue weighted by Crippen LogP contribution is 2.22. The van der Waals surface area contributed by atoms with Gasteiger partial charge in [0.1, 0.15) is 5.82 Å².